The van der Waals surface area contributed by atoms with Crippen LogP contribution in [0.4, 0.5) is 21.8 Å². The summed E-state index contributed by atoms with van der Waals surface area (Å²) in [5.41, 5.74) is 1.59. The number of aryl methyl sites for hydroxylation is 1. The van der Waals surface area contributed by atoms with Gasteiger partial charge in [0, 0.05) is 69.7 Å². The van der Waals surface area contributed by atoms with Crippen LogP contribution in [0.2, 0.25) is 0 Å². The van der Waals surface area contributed by atoms with Crippen molar-refractivity contribution >= 4 is 29.3 Å². The average molecular weight is 467 g/mol. The maximum absolute atomic E-state index is 13.2. The molecule has 5 rings (SSSR count). The second-order valence-electron chi connectivity index (χ2n) is 9.41. The molecule has 180 valence electrons. The zero-order valence-electron chi connectivity index (χ0n) is 19.6. The summed E-state index contributed by atoms with van der Waals surface area (Å²) in [6.45, 7) is 6.90. The molecule has 2 aromatic rings. The molecule has 3 aliphatic heterocycles. The number of halogens is 1. The van der Waals surface area contributed by atoms with E-state index in [0.29, 0.717) is 38.4 Å². The number of aromatic nitrogens is 2. The number of carbonyl (C=O) groups excluding carboxylic acids is 2. The molecule has 4 heterocycles. The number of piperidine rings is 1. The van der Waals surface area contributed by atoms with E-state index in [1.165, 1.54) is 31.4 Å². The van der Waals surface area contributed by atoms with E-state index >= 15 is 0 Å². The number of hydrogen-bond donors (Lipinski definition) is 0. The molecule has 2 amide bonds. The maximum atomic E-state index is 13.2. The predicted molar refractivity (Wildman–Crippen MR) is 128 cm³/mol. The molecular weight excluding hydrogens is 435 g/mol. The Morgan fingerprint density at radius 2 is 1.65 bits per heavy atom. The van der Waals surface area contributed by atoms with E-state index in [9.17, 15) is 14.0 Å². The monoisotopic (exact) mass is 466 g/mol. The molecule has 1 aromatic heterocycles. The van der Waals surface area contributed by atoms with Crippen molar-refractivity contribution in [3.05, 3.63) is 41.8 Å². The summed E-state index contributed by atoms with van der Waals surface area (Å²) < 4.78 is 13.2. The van der Waals surface area contributed by atoms with Gasteiger partial charge in [-0.2, -0.15) is 4.98 Å². The fourth-order valence-electron chi connectivity index (χ4n) is 5.09. The summed E-state index contributed by atoms with van der Waals surface area (Å²) >= 11 is 0. The lowest BCUT2D eigenvalue weighted by Crippen LogP contribution is -2.51. The Kier molecular flexibility index (Phi) is 6.34. The van der Waals surface area contributed by atoms with Crippen LogP contribution in [0.5, 0.6) is 0 Å². The second kappa shape index (κ2) is 9.56. The Hall–Kier alpha value is -3.23. The minimum atomic E-state index is -0.370. The minimum Gasteiger partial charge on any atom is -0.356 e. The fraction of sp³-hybridized carbons (Fsp3) is 0.520. The SMILES string of the molecule is Cc1cc(N2CCCCC2)nc(N2CCN(C(=O)C3CC(=O)N(c4ccc(F)cc4)C3)CC2)n1. The number of amides is 2. The molecule has 0 spiro atoms. The van der Waals surface area contributed by atoms with Crippen molar-refractivity contribution in [2.24, 2.45) is 5.92 Å². The molecule has 1 aromatic carbocycles. The molecule has 0 N–H and O–H groups in total. The molecule has 3 fully saturated rings. The minimum absolute atomic E-state index is 0.0109. The van der Waals surface area contributed by atoms with Crippen LogP contribution in [0.1, 0.15) is 31.4 Å². The molecule has 8 nitrogen and oxygen atoms in total. The third-order valence-electron chi connectivity index (χ3n) is 7.00. The van der Waals surface area contributed by atoms with Crippen LogP contribution in [-0.2, 0) is 9.59 Å². The highest BCUT2D eigenvalue weighted by atomic mass is 19.1. The van der Waals surface area contributed by atoms with Gasteiger partial charge in [-0.05, 0) is 50.5 Å². The van der Waals surface area contributed by atoms with Gasteiger partial charge in [0.05, 0.1) is 5.92 Å². The summed E-state index contributed by atoms with van der Waals surface area (Å²) in [5.74, 6) is 0.919. The lowest BCUT2D eigenvalue weighted by atomic mass is 10.1. The molecule has 1 unspecified atom stereocenters. The predicted octanol–water partition coefficient (Wildman–Crippen LogP) is 2.62. The first kappa shape index (κ1) is 22.6. The highest BCUT2D eigenvalue weighted by molar-refractivity contribution is 6.00. The van der Waals surface area contributed by atoms with Gasteiger partial charge >= 0.3 is 0 Å². The van der Waals surface area contributed by atoms with Gasteiger partial charge in [-0.3, -0.25) is 9.59 Å². The number of nitrogens with zero attached hydrogens (tertiary/aromatic N) is 6. The van der Waals surface area contributed by atoms with Crippen molar-refractivity contribution in [3.63, 3.8) is 0 Å². The van der Waals surface area contributed by atoms with Crippen LogP contribution in [0.3, 0.4) is 0 Å². The van der Waals surface area contributed by atoms with Crippen LogP contribution in [0, 0.1) is 18.7 Å². The van der Waals surface area contributed by atoms with Gasteiger partial charge in [0.1, 0.15) is 11.6 Å². The van der Waals surface area contributed by atoms with E-state index < -0.39 is 0 Å². The quantitative estimate of drug-likeness (QED) is 0.690. The molecule has 0 bridgehead atoms. The first-order valence-electron chi connectivity index (χ1n) is 12.2. The van der Waals surface area contributed by atoms with Crippen LogP contribution >= 0.6 is 0 Å². The third kappa shape index (κ3) is 4.69. The molecule has 0 aliphatic carbocycles. The molecular formula is C25H31FN6O2. The number of anilines is 3. The summed E-state index contributed by atoms with van der Waals surface area (Å²) in [4.78, 5) is 43.1. The van der Waals surface area contributed by atoms with Crippen LogP contribution < -0.4 is 14.7 Å². The second-order valence-corrected chi connectivity index (χ2v) is 9.41. The molecule has 0 saturated carbocycles. The van der Waals surface area contributed by atoms with E-state index in [2.05, 4.69) is 20.9 Å². The van der Waals surface area contributed by atoms with Gasteiger partial charge in [0.25, 0.3) is 0 Å². The number of rotatable bonds is 4. The zero-order chi connectivity index (χ0) is 23.7. The van der Waals surface area contributed by atoms with Gasteiger partial charge < -0.3 is 19.6 Å². The van der Waals surface area contributed by atoms with Crippen LogP contribution in [-0.4, -0.2) is 72.5 Å². The first-order valence-corrected chi connectivity index (χ1v) is 12.2. The first-order chi connectivity index (χ1) is 16.5. The van der Waals surface area contributed by atoms with Crippen LogP contribution in [0.15, 0.2) is 30.3 Å². The summed E-state index contributed by atoms with van der Waals surface area (Å²) in [6.07, 6.45) is 3.86. The van der Waals surface area contributed by atoms with Crippen molar-refractivity contribution in [2.75, 3.05) is 60.5 Å². The topological polar surface area (TPSA) is 72.9 Å². The smallest absolute Gasteiger partial charge is 0.228 e. The number of benzene rings is 1. The molecule has 9 heteroatoms. The zero-order valence-corrected chi connectivity index (χ0v) is 19.6. The van der Waals surface area contributed by atoms with Crippen molar-refractivity contribution in [2.45, 2.75) is 32.6 Å². The summed E-state index contributed by atoms with van der Waals surface area (Å²) in [7, 11) is 0. The van der Waals surface area contributed by atoms with Gasteiger partial charge in [0.2, 0.25) is 17.8 Å². The molecule has 3 saturated heterocycles. The van der Waals surface area contributed by atoms with E-state index in [1.807, 2.05) is 11.8 Å². The molecule has 34 heavy (non-hydrogen) atoms. The van der Waals surface area contributed by atoms with Gasteiger partial charge in [0.15, 0.2) is 0 Å². The number of carbonyl (C=O) groups is 2. The van der Waals surface area contributed by atoms with E-state index in [-0.39, 0.29) is 30.0 Å². The van der Waals surface area contributed by atoms with Crippen LogP contribution in [0.25, 0.3) is 0 Å². The highest BCUT2D eigenvalue weighted by Crippen LogP contribution is 2.27. The van der Waals surface area contributed by atoms with E-state index in [0.717, 1.165) is 30.5 Å². The summed E-state index contributed by atoms with van der Waals surface area (Å²) in [5, 5.41) is 0. The maximum Gasteiger partial charge on any atom is 0.228 e. The van der Waals surface area contributed by atoms with Gasteiger partial charge in [-0.1, -0.05) is 0 Å². The largest absolute Gasteiger partial charge is 0.356 e. The average Bonchev–Trinajstić information content (AvgIpc) is 3.26. The lowest BCUT2D eigenvalue weighted by Gasteiger charge is -2.36. The molecule has 1 atom stereocenters. The Morgan fingerprint density at radius 1 is 0.941 bits per heavy atom. The van der Waals surface area contributed by atoms with Gasteiger partial charge in [-0.15, -0.1) is 0 Å². The van der Waals surface area contributed by atoms with E-state index in [1.54, 1.807) is 17.0 Å². The Morgan fingerprint density at radius 3 is 2.35 bits per heavy atom. The normalized spacial score (nSPS) is 21.4. The highest BCUT2D eigenvalue weighted by Gasteiger charge is 2.38. The number of hydrogen-bond acceptors (Lipinski definition) is 6. The van der Waals surface area contributed by atoms with Crippen molar-refractivity contribution in [1.29, 1.82) is 0 Å². The Balaban J connectivity index is 1.20. The molecule has 0 radical (unpaired) electrons. The Bertz CT molecular complexity index is 1050. The number of piperazine rings is 1. The fourth-order valence-corrected chi connectivity index (χ4v) is 5.09. The van der Waals surface area contributed by atoms with Crippen molar-refractivity contribution in [3.8, 4) is 0 Å². The molecule has 3 aliphatic rings. The third-order valence-corrected chi connectivity index (χ3v) is 7.00. The summed E-state index contributed by atoms with van der Waals surface area (Å²) in [6, 6.07) is 7.89. The van der Waals surface area contributed by atoms with Crippen molar-refractivity contribution < 1.29 is 14.0 Å². The van der Waals surface area contributed by atoms with Crippen molar-refractivity contribution in [1.82, 2.24) is 14.9 Å². The van der Waals surface area contributed by atoms with E-state index in [4.69, 9.17) is 4.98 Å². The Labute approximate surface area is 199 Å². The lowest BCUT2D eigenvalue weighted by molar-refractivity contribution is -0.136. The standard InChI is InChI=1S/C25H31FN6O2/c1-18-15-22(29-9-3-2-4-10-29)28-25(27-18)31-13-11-30(12-14-31)24(34)19-16-23(33)32(17-19)21-7-5-20(26)6-8-21/h5-8,15,19H,2-4,9-14,16-17H2,1H3. The van der Waals surface area contributed by atoms with Gasteiger partial charge in [-0.25, -0.2) is 9.37 Å².